The van der Waals surface area contributed by atoms with Gasteiger partial charge in [-0.1, -0.05) is 38.3 Å². The highest BCUT2D eigenvalue weighted by atomic mass is 16.2. The predicted octanol–water partition coefficient (Wildman–Crippen LogP) is 4.84. The summed E-state index contributed by atoms with van der Waals surface area (Å²) in [6.45, 7) is 8.10. The maximum atomic E-state index is 13.1. The van der Waals surface area contributed by atoms with E-state index in [0.29, 0.717) is 30.8 Å². The van der Waals surface area contributed by atoms with Gasteiger partial charge in [0.25, 0.3) is 0 Å². The summed E-state index contributed by atoms with van der Waals surface area (Å²) in [5, 5.41) is 0. The van der Waals surface area contributed by atoms with Gasteiger partial charge in [-0.25, -0.2) is 4.98 Å². The number of benzene rings is 1. The first kappa shape index (κ1) is 20.2. The molecule has 2 heterocycles. The van der Waals surface area contributed by atoms with Gasteiger partial charge in [-0.15, -0.1) is 0 Å². The van der Waals surface area contributed by atoms with Crippen LogP contribution in [0.1, 0.15) is 65.2 Å². The molecule has 2 aromatic rings. The van der Waals surface area contributed by atoms with E-state index >= 15 is 0 Å². The van der Waals surface area contributed by atoms with E-state index in [1.54, 1.807) is 0 Å². The number of imidazole rings is 1. The maximum absolute atomic E-state index is 13.1. The SMILES string of the molecule is CCN(C(=O)CCn1c(N2CCC[C@H](C)C2)nc2ccccc21)C1CCCCC1. The van der Waals surface area contributed by atoms with E-state index in [2.05, 4.69) is 52.5 Å². The number of hydrogen-bond donors (Lipinski definition) is 0. The number of piperidine rings is 1. The molecule has 1 amide bonds. The average Bonchev–Trinajstić information content (AvgIpc) is 3.12. The molecular weight excluding hydrogens is 360 g/mol. The van der Waals surface area contributed by atoms with E-state index in [1.165, 1.54) is 44.9 Å². The third-order valence-electron chi connectivity index (χ3n) is 6.80. The molecule has 158 valence electrons. The van der Waals surface area contributed by atoms with Crippen molar-refractivity contribution in [2.45, 2.75) is 77.8 Å². The molecule has 1 saturated heterocycles. The number of anilines is 1. The van der Waals surface area contributed by atoms with Crippen LogP contribution in [-0.4, -0.2) is 46.0 Å². The van der Waals surface area contributed by atoms with E-state index in [1.807, 2.05) is 0 Å². The zero-order valence-electron chi connectivity index (χ0n) is 18.1. The van der Waals surface area contributed by atoms with E-state index in [4.69, 9.17) is 4.98 Å². The fourth-order valence-corrected chi connectivity index (χ4v) is 5.28. The van der Waals surface area contributed by atoms with Crippen LogP contribution in [0.2, 0.25) is 0 Å². The highest BCUT2D eigenvalue weighted by Gasteiger charge is 2.26. The highest BCUT2D eigenvalue weighted by molar-refractivity contribution is 5.80. The molecule has 4 rings (SSSR count). The lowest BCUT2D eigenvalue weighted by atomic mass is 9.94. The van der Waals surface area contributed by atoms with E-state index in [9.17, 15) is 4.79 Å². The number of amides is 1. The number of aryl methyl sites for hydroxylation is 1. The molecule has 0 bridgehead atoms. The third-order valence-corrected chi connectivity index (χ3v) is 6.80. The molecule has 0 radical (unpaired) electrons. The molecule has 0 spiro atoms. The van der Waals surface area contributed by atoms with Gasteiger partial charge in [0.15, 0.2) is 0 Å². The van der Waals surface area contributed by atoms with Crippen molar-refractivity contribution in [3.63, 3.8) is 0 Å². The van der Waals surface area contributed by atoms with Crippen LogP contribution in [0.15, 0.2) is 24.3 Å². The normalized spacial score (nSPS) is 20.9. The van der Waals surface area contributed by atoms with Crippen LogP contribution in [0.3, 0.4) is 0 Å². The monoisotopic (exact) mass is 396 g/mol. The molecule has 1 saturated carbocycles. The Kier molecular flexibility index (Phi) is 6.41. The van der Waals surface area contributed by atoms with Crippen molar-refractivity contribution in [2.75, 3.05) is 24.5 Å². The highest BCUT2D eigenvalue weighted by Crippen LogP contribution is 2.28. The quantitative estimate of drug-likeness (QED) is 0.701. The van der Waals surface area contributed by atoms with Crippen molar-refractivity contribution in [2.24, 2.45) is 5.92 Å². The van der Waals surface area contributed by atoms with Crippen LogP contribution in [0, 0.1) is 5.92 Å². The largest absolute Gasteiger partial charge is 0.342 e. The molecular formula is C24H36N4O. The summed E-state index contributed by atoms with van der Waals surface area (Å²) < 4.78 is 2.29. The van der Waals surface area contributed by atoms with Crippen molar-refractivity contribution < 1.29 is 4.79 Å². The minimum Gasteiger partial charge on any atom is -0.342 e. The van der Waals surface area contributed by atoms with Crippen LogP contribution >= 0.6 is 0 Å². The molecule has 29 heavy (non-hydrogen) atoms. The molecule has 1 atom stereocenters. The molecule has 1 aromatic carbocycles. The third kappa shape index (κ3) is 4.44. The second-order valence-corrected chi connectivity index (χ2v) is 8.97. The van der Waals surface area contributed by atoms with Crippen LogP contribution in [-0.2, 0) is 11.3 Å². The molecule has 0 unspecified atom stereocenters. The lowest BCUT2D eigenvalue weighted by Gasteiger charge is -2.34. The average molecular weight is 397 g/mol. The molecule has 5 heteroatoms. The van der Waals surface area contributed by atoms with Gasteiger partial charge in [-0.2, -0.15) is 0 Å². The molecule has 1 aliphatic heterocycles. The predicted molar refractivity (Wildman–Crippen MR) is 119 cm³/mol. The lowest BCUT2D eigenvalue weighted by Crippen LogP contribution is -2.41. The number of para-hydroxylation sites is 2. The number of rotatable bonds is 6. The summed E-state index contributed by atoms with van der Waals surface area (Å²) in [5.41, 5.74) is 2.18. The Morgan fingerprint density at radius 3 is 2.69 bits per heavy atom. The van der Waals surface area contributed by atoms with E-state index < -0.39 is 0 Å². The maximum Gasteiger partial charge on any atom is 0.224 e. The minimum absolute atomic E-state index is 0.301. The van der Waals surface area contributed by atoms with Gasteiger partial charge in [-0.3, -0.25) is 4.79 Å². The summed E-state index contributed by atoms with van der Waals surface area (Å²) in [6.07, 6.45) is 9.25. The van der Waals surface area contributed by atoms with Gasteiger partial charge >= 0.3 is 0 Å². The van der Waals surface area contributed by atoms with E-state index in [0.717, 1.165) is 36.6 Å². The first-order chi connectivity index (χ1) is 14.2. The van der Waals surface area contributed by atoms with Crippen molar-refractivity contribution in [1.82, 2.24) is 14.5 Å². The summed E-state index contributed by atoms with van der Waals surface area (Å²) in [5.74, 6) is 2.04. The van der Waals surface area contributed by atoms with Crippen molar-refractivity contribution in [3.8, 4) is 0 Å². The molecule has 2 fully saturated rings. The van der Waals surface area contributed by atoms with Crippen LogP contribution in [0.5, 0.6) is 0 Å². The summed E-state index contributed by atoms with van der Waals surface area (Å²) in [6, 6.07) is 8.80. The first-order valence-electron chi connectivity index (χ1n) is 11.7. The van der Waals surface area contributed by atoms with Gasteiger partial charge in [0.05, 0.1) is 11.0 Å². The second kappa shape index (κ2) is 9.19. The van der Waals surface area contributed by atoms with Crippen LogP contribution in [0.25, 0.3) is 11.0 Å². The van der Waals surface area contributed by atoms with E-state index in [-0.39, 0.29) is 0 Å². The Balaban J connectivity index is 1.53. The minimum atomic E-state index is 0.301. The number of nitrogens with zero attached hydrogens (tertiary/aromatic N) is 4. The van der Waals surface area contributed by atoms with Gasteiger partial charge in [-0.05, 0) is 50.7 Å². The number of aromatic nitrogens is 2. The molecule has 0 N–H and O–H groups in total. The molecule has 1 aromatic heterocycles. The van der Waals surface area contributed by atoms with Crippen LogP contribution in [0.4, 0.5) is 5.95 Å². The zero-order chi connectivity index (χ0) is 20.2. The lowest BCUT2D eigenvalue weighted by molar-refractivity contribution is -0.134. The van der Waals surface area contributed by atoms with Gasteiger partial charge in [0.1, 0.15) is 0 Å². The smallest absolute Gasteiger partial charge is 0.224 e. The van der Waals surface area contributed by atoms with Crippen molar-refractivity contribution in [3.05, 3.63) is 24.3 Å². The first-order valence-corrected chi connectivity index (χ1v) is 11.7. The van der Waals surface area contributed by atoms with Crippen molar-refractivity contribution >= 4 is 22.9 Å². The Labute approximate surface area is 175 Å². The number of hydrogen-bond acceptors (Lipinski definition) is 3. The fraction of sp³-hybridized carbons (Fsp3) is 0.667. The standard InChI is InChI=1S/C24H36N4O/c1-3-27(20-11-5-4-6-12-20)23(29)15-17-28-22-14-8-7-13-21(22)25-24(28)26-16-9-10-19(2)18-26/h7-8,13-14,19-20H,3-6,9-12,15-18H2,1-2H3/t19-/m0/s1. The summed E-state index contributed by atoms with van der Waals surface area (Å²) >= 11 is 0. The molecule has 5 nitrogen and oxygen atoms in total. The Hall–Kier alpha value is -2.04. The Bertz CT molecular complexity index is 823. The Morgan fingerprint density at radius 2 is 1.93 bits per heavy atom. The molecule has 1 aliphatic carbocycles. The van der Waals surface area contributed by atoms with Gasteiger partial charge in [0.2, 0.25) is 11.9 Å². The summed E-state index contributed by atoms with van der Waals surface area (Å²) in [7, 11) is 0. The number of carbonyl (C=O) groups excluding carboxylic acids is 1. The number of carbonyl (C=O) groups is 1. The van der Waals surface area contributed by atoms with Gasteiger partial charge < -0.3 is 14.4 Å². The summed E-state index contributed by atoms with van der Waals surface area (Å²) in [4.78, 5) is 22.7. The number of fused-ring (bicyclic) bond motifs is 1. The van der Waals surface area contributed by atoms with Crippen LogP contribution < -0.4 is 4.90 Å². The van der Waals surface area contributed by atoms with Crippen molar-refractivity contribution in [1.29, 1.82) is 0 Å². The topological polar surface area (TPSA) is 41.4 Å². The zero-order valence-corrected chi connectivity index (χ0v) is 18.1. The fourth-order valence-electron chi connectivity index (χ4n) is 5.28. The molecule has 2 aliphatic rings. The second-order valence-electron chi connectivity index (χ2n) is 8.97. The Morgan fingerprint density at radius 1 is 1.14 bits per heavy atom. The van der Waals surface area contributed by atoms with Gasteiger partial charge in [0, 0.05) is 38.6 Å².